The number of nitrogens with one attached hydrogen (secondary N) is 1. The number of halogens is 2. The van der Waals surface area contributed by atoms with Gasteiger partial charge in [-0.1, -0.05) is 35.9 Å². The molecule has 0 radical (unpaired) electrons. The zero-order chi connectivity index (χ0) is 21.1. The highest BCUT2D eigenvalue weighted by Crippen LogP contribution is 2.24. The van der Waals surface area contributed by atoms with Gasteiger partial charge < -0.3 is 9.80 Å². The minimum absolute atomic E-state index is 0.0288. The summed E-state index contributed by atoms with van der Waals surface area (Å²) < 4.78 is 13.0. The molecule has 2 aromatic carbocycles. The van der Waals surface area contributed by atoms with E-state index in [1.54, 1.807) is 34.1 Å². The third-order valence-corrected chi connectivity index (χ3v) is 5.44. The number of hydrogen-bond acceptors (Lipinski definition) is 3. The third-order valence-electron chi connectivity index (χ3n) is 5.19. The summed E-state index contributed by atoms with van der Waals surface area (Å²) in [5, 5.41) is 7.54. The second-order valence-electron chi connectivity index (χ2n) is 7.14. The highest BCUT2D eigenvalue weighted by atomic mass is 35.5. The van der Waals surface area contributed by atoms with Crippen LogP contribution in [-0.4, -0.2) is 58.0 Å². The Kier molecular flexibility index (Phi) is 5.81. The van der Waals surface area contributed by atoms with Gasteiger partial charge in [-0.15, -0.1) is 0 Å². The second-order valence-corrected chi connectivity index (χ2v) is 7.58. The number of piperazine rings is 1. The first kappa shape index (κ1) is 20.1. The Balaban J connectivity index is 1.38. The number of nitrogens with zero attached hydrogens (tertiary/aromatic N) is 3. The minimum atomic E-state index is -0.324. The van der Waals surface area contributed by atoms with Crippen LogP contribution in [0, 0.1) is 5.82 Å². The molecule has 4 rings (SSSR count). The number of H-pyrrole nitrogens is 1. The van der Waals surface area contributed by atoms with Gasteiger partial charge in [0.05, 0.1) is 23.9 Å². The molecule has 154 valence electrons. The normalized spacial score (nSPS) is 14.1. The Hall–Kier alpha value is -3.19. The molecule has 0 atom stereocenters. The highest BCUT2D eigenvalue weighted by Gasteiger charge is 2.27. The molecule has 1 aromatic heterocycles. The van der Waals surface area contributed by atoms with E-state index < -0.39 is 0 Å². The van der Waals surface area contributed by atoms with Gasteiger partial charge in [0.2, 0.25) is 5.91 Å². The fourth-order valence-electron chi connectivity index (χ4n) is 3.50. The molecule has 3 aromatic rings. The van der Waals surface area contributed by atoms with Crippen LogP contribution in [0.25, 0.3) is 11.3 Å². The van der Waals surface area contributed by atoms with Gasteiger partial charge in [0.15, 0.2) is 0 Å². The Labute approximate surface area is 178 Å². The van der Waals surface area contributed by atoms with Crippen LogP contribution in [0.5, 0.6) is 0 Å². The van der Waals surface area contributed by atoms with Gasteiger partial charge in [-0.25, -0.2) is 4.39 Å². The molecule has 0 spiro atoms. The number of carbonyl (C=O) groups is 2. The van der Waals surface area contributed by atoms with E-state index in [4.69, 9.17) is 11.6 Å². The van der Waals surface area contributed by atoms with E-state index >= 15 is 0 Å². The molecule has 8 heteroatoms. The third kappa shape index (κ3) is 4.36. The topological polar surface area (TPSA) is 69.3 Å². The van der Waals surface area contributed by atoms with Crippen molar-refractivity contribution in [3.63, 3.8) is 0 Å². The quantitative estimate of drug-likeness (QED) is 0.695. The summed E-state index contributed by atoms with van der Waals surface area (Å²) in [6, 6.07) is 13.1. The zero-order valence-electron chi connectivity index (χ0n) is 16.1. The fraction of sp³-hybridized carbons (Fsp3) is 0.227. The predicted molar refractivity (Wildman–Crippen MR) is 112 cm³/mol. The molecule has 0 saturated carbocycles. The average molecular weight is 427 g/mol. The van der Waals surface area contributed by atoms with Crippen molar-refractivity contribution >= 4 is 23.4 Å². The molecule has 1 saturated heterocycles. The summed E-state index contributed by atoms with van der Waals surface area (Å²) in [4.78, 5) is 29.0. The smallest absolute Gasteiger partial charge is 0.257 e. The minimum Gasteiger partial charge on any atom is -0.339 e. The van der Waals surface area contributed by atoms with Crippen molar-refractivity contribution in [2.24, 2.45) is 0 Å². The number of benzene rings is 2. The molecule has 0 bridgehead atoms. The lowest BCUT2D eigenvalue weighted by Crippen LogP contribution is -2.51. The number of carbonyl (C=O) groups excluding carboxylic acids is 2. The summed E-state index contributed by atoms with van der Waals surface area (Å²) in [5.74, 6) is -0.478. The van der Waals surface area contributed by atoms with Crippen molar-refractivity contribution in [1.82, 2.24) is 20.0 Å². The van der Waals surface area contributed by atoms with Crippen molar-refractivity contribution in [3.8, 4) is 11.3 Å². The molecule has 1 N–H and O–H groups in total. The number of aromatic nitrogens is 2. The molecule has 30 heavy (non-hydrogen) atoms. The number of rotatable bonds is 4. The predicted octanol–water partition coefficient (Wildman–Crippen LogP) is 3.40. The van der Waals surface area contributed by atoms with Crippen LogP contribution in [0.2, 0.25) is 5.02 Å². The number of hydrogen-bond donors (Lipinski definition) is 1. The summed E-state index contributed by atoms with van der Waals surface area (Å²) in [5.41, 5.74) is 2.73. The summed E-state index contributed by atoms with van der Waals surface area (Å²) in [7, 11) is 0. The van der Waals surface area contributed by atoms with Crippen LogP contribution in [0.3, 0.4) is 0 Å². The lowest BCUT2D eigenvalue weighted by Gasteiger charge is -2.34. The maximum atomic E-state index is 13.0. The standard InChI is InChI=1S/C22H20ClFN4O2/c23-17-5-3-16(4-6-17)21-19(14-25-26-21)22(30)28-11-9-27(10-12-28)20(29)13-15-1-7-18(24)8-2-15/h1-8,14H,9-13H2,(H,25,26). The van der Waals surface area contributed by atoms with Crippen molar-refractivity contribution < 1.29 is 14.0 Å². The van der Waals surface area contributed by atoms with Gasteiger partial charge >= 0.3 is 0 Å². The van der Waals surface area contributed by atoms with Crippen LogP contribution in [0.1, 0.15) is 15.9 Å². The summed E-state index contributed by atoms with van der Waals surface area (Å²) in [6.45, 7) is 1.80. The van der Waals surface area contributed by atoms with Crippen LogP contribution in [-0.2, 0) is 11.2 Å². The molecule has 1 fully saturated rings. The van der Waals surface area contributed by atoms with E-state index in [0.29, 0.717) is 42.5 Å². The van der Waals surface area contributed by atoms with E-state index in [0.717, 1.165) is 11.1 Å². The molecular formula is C22H20ClFN4O2. The van der Waals surface area contributed by atoms with Gasteiger partial charge in [-0.3, -0.25) is 14.7 Å². The van der Waals surface area contributed by atoms with Crippen LogP contribution >= 0.6 is 11.6 Å². The Morgan fingerprint density at radius 1 is 0.967 bits per heavy atom. The Morgan fingerprint density at radius 3 is 2.27 bits per heavy atom. The molecule has 1 aliphatic heterocycles. The average Bonchev–Trinajstić information content (AvgIpc) is 3.25. The molecule has 6 nitrogen and oxygen atoms in total. The van der Waals surface area contributed by atoms with E-state index in [-0.39, 0.29) is 24.1 Å². The number of aromatic amines is 1. The number of amides is 2. The van der Waals surface area contributed by atoms with Gasteiger partial charge in [0.25, 0.3) is 5.91 Å². The van der Waals surface area contributed by atoms with E-state index in [9.17, 15) is 14.0 Å². The zero-order valence-corrected chi connectivity index (χ0v) is 16.9. The lowest BCUT2D eigenvalue weighted by molar-refractivity contribution is -0.131. The van der Waals surface area contributed by atoms with Gasteiger partial charge in [0.1, 0.15) is 5.82 Å². The Morgan fingerprint density at radius 2 is 1.60 bits per heavy atom. The Bertz CT molecular complexity index is 1040. The van der Waals surface area contributed by atoms with Crippen molar-refractivity contribution in [1.29, 1.82) is 0 Å². The van der Waals surface area contributed by atoms with E-state index in [2.05, 4.69) is 10.2 Å². The summed E-state index contributed by atoms with van der Waals surface area (Å²) in [6.07, 6.45) is 1.75. The van der Waals surface area contributed by atoms with E-state index in [1.807, 2.05) is 12.1 Å². The van der Waals surface area contributed by atoms with Crippen LogP contribution < -0.4 is 0 Å². The van der Waals surface area contributed by atoms with Crippen molar-refractivity contribution in [3.05, 3.63) is 76.7 Å². The summed E-state index contributed by atoms with van der Waals surface area (Å²) >= 11 is 5.94. The molecular weight excluding hydrogens is 407 g/mol. The molecule has 2 heterocycles. The first-order valence-electron chi connectivity index (χ1n) is 9.62. The maximum Gasteiger partial charge on any atom is 0.257 e. The largest absolute Gasteiger partial charge is 0.339 e. The van der Waals surface area contributed by atoms with Gasteiger partial charge in [-0.05, 0) is 29.8 Å². The second kappa shape index (κ2) is 8.67. The SMILES string of the molecule is O=C(Cc1ccc(F)cc1)N1CCN(C(=O)c2cn[nH]c2-c2ccc(Cl)cc2)CC1. The first-order chi connectivity index (χ1) is 14.5. The first-order valence-corrected chi connectivity index (χ1v) is 10.00. The fourth-order valence-corrected chi connectivity index (χ4v) is 3.63. The highest BCUT2D eigenvalue weighted by molar-refractivity contribution is 6.30. The van der Waals surface area contributed by atoms with Gasteiger partial charge in [-0.2, -0.15) is 5.10 Å². The van der Waals surface area contributed by atoms with Gasteiger partial charge in [0, 0.05) is 36.8 Å². The van der Waals surface area contributed by atoms with Crippen LogP contribution in [0.15, 0.2) is 54.7 Å². The van der Waals surface area contributed by atoms with E-state index in [1.165, 1.54) is 18.3 Å². The molecule has 2 amide bonds. The van der Waals surface area contributed by atoms with Crippen LogP contribution in [0.4, 0.5) is 4.39 Å². The maximum absolute atomic E-state index is 13.0. The molecule has 1 aliphatic rings. The molecule has 0 aliphatic carbocycles. The van der Waals surface area contributed by atoms with Crippen molar-refractivity contribution in [2.45, 2.75) is 6.42 Å². The monoisotopic (exact) mass is 426 g/mol. The lowest BCUT2D eigenvalue weighted by atomic mass is 10.1. The van der Waals surface area contributed by atoms with Crippen molar-refractivity contribution in [2.75, 3.05) is 26.2 Å². The molecule has 0 unspecified atom stereocenters.